The van der Waals surface area contributed by atoms with E-state index >= 15 is 0 Å². The molecule has 1 aromatic carbocycles. The van der Waals surface area contributed by atoms with Crippen LogP contribution in [0, 0.1) is 20.8 Å². The van der Waals surface area contributed by atoms with E-state index in [4.69, 9.17) is 4.74 Å². The molecule has 0 aliphatic rings. The number of nitrogens with zero attached hydrogens (tertiary/aromatic N) is 3. The standard InChI is InChI=1S/C21H24BrN5O3/c1-12-10-19-23-13(2)18(14(3)27(19)26-12)8-9-20(28)24-25-21(29)15(4)30-17-7-5-6-16(22)11-17/h5-7,10-11,15H,8-9H2,1-4H3,(H,24,28)(H,25,29). The number of hydrogen-bond donors (Lipinski definition) is 2. The number of fused-ring (bicyclic) bond motifs is 1. The van der Waals surface area contributed by atoms with Gasteiger partial charge in [-0.3, -0.25) is 20.4 Å². The molecular weight excluding hydrogens is 450 g/mol. The van der Waals surface area contributed by atoms with E-state index in [9.17, 15) is 9.59 Å². The fourth-order valence-electron chi connectivity index (χ4n) is 3.13. The van der Waals surface area contributed by atoms with Crippen molar-refractivity contribution in [2.45, 2.75) is 46.6 Å². The van der Waals surface area contributed by atoms with Crippen LogP contribution in [0.15, 0.2) is 34.8 Å². The molecular formula is C21H24BrN5O3. The van der Waals surface area contributed by atoms with Gasteiger partial charge >= 0.3 is 0 Å². The first-order valence-electron chi connectivity index (χ1n) is 9.58. The van der Waals surface area contributed by atoms with Gasteiger partial charge in [0, 0.05) is 28.3 Å². The third-order valence-electron chi connectivity index (χ3n) is 4.69. The average Bonchev–Trinajstić information content (AvgIpc) is 3.06. The Balaban J connectivity index is 1.52. The molecule has 3 rings (SSSR count). The number of hydrogen-bond acceptors (Lipinski definition) is 5. The van der Waals surface area contributed by atoms with Crippen LogP contribution in [0.3, 0.4) is 0 Å². The van der Waals surface area contributed by atoms with Crippen molar-refractivity contribution in [3.63, 3.8) is 0 Å². The number of aromatic nitrogens is 3. The lowest BCUT2D eigenvalue weighted by atomic mass is 10.1. The van der Waals surface area contributed by atoms with Crippen LogP contribution in [0.5, 0.6) is 5.75 Å². The van der Waals surface area contributed by atoms with E-state index in [1.807, 2.05) is 39.0 Å². The normalized spacial score (nSPS) is 11.9. The van der Waals surface area contributed by atoms with E-state index in [0.29, 0.717) is 12.2 Å². The van der Waals surface area contributed by atoms with Gasteiger partial charge in [-0.1, -0.05) is 22.0 Å². The molecule has 3 aromatic rings. The highest BCUT2D eigenvalue weighted by molar-refractivity contribution is 9.10. The summed E-state index contributed by atoms with van der Waals surface area (Å²) in [5.41, 5.74) is 9.33. The number of carbonyl (C=O) groups excluding carboxylic acids is 2. The lowest BCUT2D eigenvalue weighted by Crippen LogP contribution is -2.47. The first-order chi connectivity index (χ1) is 14.2. The Labute approximate surface area is 183 Å². The van der Waals surface area contributed by atoms with E-state index in [2.05, 4.69) is 36.9 Å². The van der Waals surface area contributed by atoms with Crippen LogP contribution in [0.1, 0.15) is 36.0 Å². The Morgan fingerprint density at radius 3 is 2.70 bits per heavy atom. The molecule has 0 saturated heterocycles. The van der Waals surface area contributed by atoms with Gasteiger partial charge in [0.2, 0.25) is 5.91 Å². The minimum absolute atomic E-state index is 0.205. The Morgan fingerprint density at radius 2 is 1.97 bits per heavy atom. The Hall–Kier alpha value is -2.94. The van der Waals surface area contributed by atoms with Crippen LogP contribution in [0.2, 0.25) is 0 Å². The molecule has 0 aliphatic carbocycles. The summed E-state index contributed by atoms with van der Waals surface area (Å²) in [7, 11) is 0. The second-order valence-corrected chi connectivity index (χ2v) is 7.99. The Kier molecular flexibility index (Phi) is 6.71. The van der Waals surface area contributed by atoms with Crippen molar-refractivity contribution in [1.82, 2.24) is 25.4 Å². The molecule has 0 fully saturated rings. The number of carbonyl (C=O) groups is 2. The third-order valence-corrected chi connectivity index (χ3v) is 5.18. The van der Waals surface area contributed by atoms with Crippen molar-refractivity contribution in [2.24, 2.45) is 0 Å². The molecule has 158 valence electrons. The van der Waals surface area contributed by atoms with Crippen molar-refractivity contribution >= 4 is 33.4 Å². The van der Waals surface area contributed by atoms with Crippen LogP contribution < -0.4 is 15.6 Å². The molecule has 1 atom stereocenters. The SMILES string of the molecule is Cc1cc2nc(C)c(CCC(=O)NNC(=O)C(C)Oc3cccc(Br)c3)c(C)n2n1. The number of rotatable bonds is 6. The number of aryl methyl sites for hydroxylation is 3. The highest BCUT2D eigenvalue weighted by Crippen LogP contribution is 2.19. The summed E-state index contributed by atoms with van der Waals surface area (Å²) in [5.74, 6) is -0.180. The monoisotopic (exact) mass is 473 g/mol. The molecule has 2 aromatic heterocycles. The zero-order valence-corrected chi connectivity index (χ0v) is 18.9. The van der Waals surface area contributed by atoms with Crippen molar-refractivity contribution in [3.05, 3.63) is 57.4 Å². The first kappa shape index (κ1) is 21.8. The summed E-state index contributed by atoms with van der Waals surface area (Å²) in [4.78, 5) is 29.0. The minimum atomic E-state index is -0.765. The molecule has 30 heavy (non-hydrogen) atoms. The fourth-order valence-corrected chi connectivity index (χ4v) is 3.51. The Morgan fingerprint density at radius 1 is 1.20 bits per heavy atom. The molecule has 0 bridgehead atoms. The summed E-state index contributed by atoms with van der Waals surface area (Å²) in [6.07, 6.45) is -0.0690. The van der Waals surface area contributed by atoms with E-state index in [0.717, 1.165) is 32.8 Å². The smallest absolute Gasteiger partial charge is 0.279 e. The largest absolute Gasteiger partial charge is 0.481 e. The second kappa shape index (κ2) is 9.25. The number of amides is 2. The van der Waals surface area contributed by atoms with Gasteiger partial charge < -0.3 is 4.74 Å². The lowest BCUT2D eigenvalue weighted by molar-refractivity contribution is -0.132. The van der Waals surface area contributed by atoms with Gasteiger partial charge in [0.1, 0.15) is 5.75 Å². The number of hydrazine groups is 1. The molecule has 9 heteroatoms. The van der Waals surface area contributed by atoms with Crippen LogP contribution in [-0.2, 0) is 16.0 Å². The summed E-state index contributed by atoms with van der Waals surface area (Å²) < 4.78 is 8.22. The second-order valence-electron chi connectivity index (χ2n) is 7.07. The predicted molar refractivity (Wildman–Crippen MR) is 116 cm³/mol. The van der Waals surface area contributed by atoms with Crippen LogP contribution in [0.4, 0.5) is 0 Å². The lowest BCUT2D eigenvalue weighted by Gasteiger charge is -2.15. The van der Waals surface area contributed by atoms with Crippen molar-refractivity contribution in [2.75, 3.05) is 0 Å². The zero-order chi connectivity index (χ0) is 21.8. The van der Waals surface area contributed by atoms with Gasteiger partial charge in [0.15, 0.2) is 11.8 Å². The van der Waals surface area contributed by atoms with Gasteiger partial charge in [0.05, 0.1) is 5.69 Å². The molecule has 0 spiro atoms. The highest BCUT2D eigenvalue weighted by Gasteiger charge is 2.17. The van der Waals surface area contributed by atoms with Gasteiger partial charge in [-0.15, -0.1) is 0 Å². The molecule has 1 unspecified atom stereocenters. The average molecular weight is 474 g/mol. The van der Waals surface area contributed by atoms with E-state index in [1.165, 1.54) is 0 Å². The van der Waals surface area contributed by atoms with Crippen LogP contribution >= 0.6 is 15.9 Å². The first-order valence-corrected chi connectivity index (χ1v) is 10.4. The summed E-state index contributed by atoms with van der Waals surface area (Å²) in [6.45, 7) is 7.41. The Bertz CT molecular complexity index is 1100. The summed E-state index contributed by atoms with van der Waals surface area (Å²) >= 11 is 3.35. The van der Waals surface area contributed by atoms with E-state index < -0.39 is 12.0 Å². The van der Waals surface area contributed by atoms with Gasteiger partial charge in [-0.25, -0.2) is 9.50 Å². The van der Waals surface area contributed by atoms with Crippen molar-refractivity contribution in [3.8, 4) is 5.75 Å². The number of nitrogens with one attached hydrogen (secondary N) is 2. The minimum Gasteiger partial charge on any atom is -0.481 e. The number of benzene rings is 1. The van der Waals surface area contributed by atoms with Gasteiger partial charge in [0.25, 0.3) is 5.91 Å². The fraction of sp³-hybridized carbons (Fsp3) is 0.333. The number of halogens is 1. The molecule has 0 aliphatic heterocycles. The topological polar surface area (TPSA) is 97.6 Å². The highest BCUT2D eigenvalue weighted by atomic mass is 79.9. The van der Waals surface area contributed by atoms with Crippen molar-refractivity contribution in [1.29, 1.82) is 0 Å². The predicted octanol–water partition coefficient (Wildman–Crippen LogP) is 2.96. The molecule has 0 saturated carbocycles. The van der Waals surface area contributed by atoms with Crippen LogP contribution in [0.25, 0.3) is 5.65 Å². The quantitative estimate of drug-likeness (QED) is 0.536. The maximum atomic E-state index is 12.2. The molecule has 2 amide bonds. The van der Waals surface area contributed by atoms with Crippen molar-refractivity contribution < 1.29 is 14.3 Å². The van der Waals surface area contributed by atoms with Crippen LogP contribution in [-0.4, -0.2) is 32.5 Å². The molecule has 0 radical (unpaired) electrons. The van der Waals surface area contributed by atoms with Gasteiger partial charge in [-0.2, -0.15) is 5.10 Å². The zero-order valence-electron chi connectivity index (χ0n) is 17.3. The molecule has 8 nitrogen and oxygen atoms in total. The summed E-state index contributed by atoms with van der Waals surface area (Å²) in [5, 5.41) is 4.44. The third kappa shape index (κ3) is 5.15. The molecule has 2 heterocycles. The van der Waals surface area contributed by atoms with E-state index in [1.54, 1.807) is 23.6 Å². The summed E-state index contributed by atoms with van der Waals surface area (Å²) in [6, 6.07) is 9.11. The maximum absolute atomic E-state index is 12.2. The van der Waals surface area contributed by atoms with E-state index in [-0.39, 0.29) is 12.3 Å². The maximum Gasteiger partial charge on any atom is 0.279 e. The molecule has 2 N–H and O–H groups in total. The number of ether oxygens (including phenoxy) is 1. The van der Waals surface area contributed by atoms with Gasteiger partial charge in [-0.05, 0) is 57.9 Å².